The molecule has 10 heteroatoms. The van der Waals surface area contributed by atoms with E-state index in [4.69, 9.17) is 19.9 Å². The molecule has 1 aromatic heterocycles. The lowest BCUT2D eigenvalue weighted by atomic mass is 10.1. The summed E-state index contributed by atoms with van der Waals surface area (Å²) in [5, 5.41) is 0.363. The van der Waals surface area contributed by atoms with E-state index in [0.29, 0.717) is 44.0 Å². The number of hydrogen-bond acceptors (Lipinski definition) is 9. The van der Waals surface area contributed by atoms with Gasteiger partial charge in [0.15, 0.2) is 23.1 Å². The molecule has 1 saturated carbocycles. The highest BCUT2D eigenvalue weighted by Crippen LogP contribution is 2.38. The van der Waals surface area contributed by atoms with Crippen LogP contribution >= 0.6 is 0 Å². The smallest absolute Gasteiger partial charge is 0.228 e. The molecule has 9 nitrogen and oxygen atoms in total. The van der Waals surface area contributed by atoms with E-state index in [1.165, 1.54) is 14.2 Å². The number of ether oxygens (including phenoxy) is 3. The van der Waals surface area contributed by atoms with E-state index < -0.39 is 5.82 Å². The Balaban J connectivity index is 1.63. The molecule has 1 atom stereocenters. The van der Waals surface area contributed by atoms with E-state index >= 15 is 4.39 Å². The third-order valence-corrected chi connectivity index (χ3v) is 6.15. The molecule has 1 aliphatic heterocycles. The van der Waals surface area contributed by atoms with Crippen LogP contribution in [0.15, 0.2) is 18.3 Å². The molecule has 0 radical (unpaired) electrons. The minimum atomic E-state index is -0.643. The second-order valence-corrected chi connectivity index (χ2v) is 8.35. The summed E-state index contributed by atoms with van der Waals surface area (Å²) >= 11 is 0. The van der Waals surface area contributed by atoms with Gasteiger partial charge in [0.2, 0.25) is 5.95 Å². The molecule has 2 fully saturated rings. The third kappa shape index (κ3) is 4.80. The molecular formula is C23H30FN5O4. The van der Waals surface area contributed by atoms with Gasteiger partial charge in [-0.25, -0.2) is 9.37 Å². The fourth-order valence-corrected chi connectivity index (χ4v) is 4.13. The van der Waals surface area contributed by atoms with Gasteiger partial charge in [0, 0.05) is 50.9 Å². The fraction of sp³-hybridized carbons (Fsp3) is 0.522. The first-order valence-electron chi connectivity index (χ1n) is 11.1. The predicted molar refractivity (Wildman–Crippen MR) is 123 cm³/mol. The SMILES string of the molecule is COCCC1CN(C=CC(=O)C2CC2)CCN1c1nc(N)c2cc(OC)c(OC)c(F)c2n1. The number of carbonyl (C=O) groups is 1. The van der Waals surface area contributed by atoms with Gasteiger partial charge in [-0.15, -0.1) is 0 Å². The van der Waals surface area contributed by atoms with Crippen molar-refractivity contribution in [1.82, 2.24) is 14.9 Å². The van der Waals surface area contributed by atoms with Gasteiger partial charge in [-0.2, -0.15) is 4.98 Å². The topological polar surface area (TPSA) is 103 Å². The Morgan fingerprint density at radius 2 is 2.03 bits per heavy atom. The molecule has 1 unspecified atom stereocenters. The number of methoxy groups -OCH3 is 3. The lowest BCUT2D eigenvalue weighted by Gasteiger charge is -2.41. The number of allylic oxidation sites excluding steroid dienone is 1. The Bertz CT molecular complexity index is 1060. The maximum atomic E-state index is 15.2. The van der Waals surface area contributed by atoms with Crippen LogP contribution in [-0.4, -0.2) is 74.3 Å². The van der Waals surface area contributed by atoms with Crippen molar-refractivity contribution in [3.8, 4) is 11.5 Å². The highest BCUT2D eigenvalue weighted by atomic mass is 19.1. The van der Waals surface area contributed by atoms with Crippen LogP contribution in [0.2, 0.25) is 0 Å². The Kier molecular flexibility index (Phi) is 6.83. The van der Waals surface area contributed by atoms with Crippen molar-refractivity contribution in [2.75, 3.05) is 58.2 Å². The molecule has 1 aromatic carbocycles. The van der Waals surface area contributed by atoms with Crippen molar-refractivity contribution < 1.29 is 23.4 Å². The summed E-state index contributed by atoms with van der Waals surface area (Å²) in [4.78, 5) is 25.2. The average Bonchev–Trinajstić information content (AvgIpc) is 3.67. The number of aromatic nitrogens is 2. The molecule has 2 N–H and O–H groups in total. The summed E-state index contributed by atoms with van der Waals surface area (Å²) in [6.07, 6.45) is 6.25. The Labute approximate surface area is 192 Å². The van der Waals surface area contributed by atoms with Crippen molar-refractivity contribution in [3.63, 3.8) is 0 Å². The first-order chi connectivity index (χ1) is 16.0. The molecule has 2 aromatic rings. The minimum absolute atomic E-state index is 0.000526. The highest BCUT2D eigenvalue weighted by Gasteiger charge is 2.30. The summed E-state index contributed by atoms with van der Waals surface area (Å²) in [5.41, 5.74) is 6.29. The van der Waals surface area contributed by atoms with E-state index in [-0.39, 0.29) is 40.6 Å². The van der Waals surface area contributed by atoms with Crippen LogP contribution in [-0.2, 0) is 9.53 Å². The van der Waals surface area contributed by atoms with Crippen LogP contribution in [0, 0.1) is 11.7 Å². The lowest BCUT2D eigenvalue weighted by molar-refractivity contribution is -0.115. The molecule has 4 rings (SSSR count). The molecule has 0 bridgehead atoms. The van der Waals surface area contributed by atoms with Gasteiger partial charge in [0.05, 0.1) is 20.3 Å². The van der Waals surface area contributed by atoms with E-state index in [0.717, 1.165) is 12.8 Å². The van der Waals surface area contributed by atoms with Crippen LogP contribution in [0.4, 0.5) is 16.2 Å². The maximum absolute atomic E-state index is 15.2. The average molecular weight is 460 g/mol. The quantitative estimate of drug-likeness (QED) is 0.566. The van der Waals surface area contributed by atoms with Gasteiger partial charge in [0.25, 0.3) is 0 Å². The second kappa shape index (κ2) is 9.78. The van der Waals surface area contributed by atoms with Crippen LogP contribution < -0.4 is 20.1 Å². The van der Waals surface area contributed by atoms with E-state index in [1.54, 1.807) is 19.3 Å². The highest BCUT2D eigenvalue weighted by molar-refractivity contribution is 5.93. The number of nitrogens with zero attached hydrogens (tertiary/aromatic N) is 4. The van der Waals surface area contributed by atoms with Crippen LogP contribution in [0.25, 0.3) is 10.9 Å². The largest absolute Gasteiger partial charge is 0.493 e. The fourth-order valence-electron chi connectivity index (χ4n) is 4.13. The molecule has 2 aliphatic rings. The minimum Gasteiger partial charge on any atom is -0.493 e. The molecule has 1 aliphatic carbocycles. The predicted octanol–water partition coefficient (Wildman–Crippen LogP) is 2.39. The Morgan fingerprint density at radius 1 is 1.24 bits per heavy atom. The molecule has 1 saturated heterocycles. The summed E-state index contributed by atoms with van der Waals surface area (Å²) in [6.45, 7) is 2.47. The third-order valence-electron chi connectivity index (χ3n) is 6.15. The second-order valence-electron chi connectivity index (χ2n) is 8.35. The van der Waals surface area contributed by atoms with Gasteiger partial charge in [-0.3, -0.25) is 4.79 Å². The number of hydrogen-bond donors (Lipinski definition) is 1. The first-order valence-corrected chi connectivity index (χ1v) is 11.1. The number of halogens is 1. The van der Waals surface area contributed by atoms with Gasteiger partial charge < -0.3 is 29.7 Å². The van der Waals surface area contributed by atoms with E-state index in [1.807, 2.05) is 11.1 Å². The van der Waals surface area contributed by atoms with Crippen LogP contribution in [0.5, 0.6) is 11.5 Å². The molecule has 33 heavy (non-hydrogen) atoms. The number of fused-ring (bicyclic) bond motifs is 1. The maximum Gasteiger partial charge on any atom is 0.228 e. The first kappa shape index (κ1) is 23.0. The van der Waals surface area contributed by atoms with Gasteiger partial charge in [-0.1, -0.05) is 0 Å². The number of rotatable bonds is 9. The Hall–Kier alpha value is -3.14. The number of anilines is 2. The number of nitrogens with two attached hydrogens (primary N) is 1. The molecule has 0 amide bonds. The zero-order valence-corrected chi connectivity index (χ0v) is 19.2. The molecule has 2 heterocycles. The number of carbonyl (C=O) groups excluding carboxylic acids is 1. The number of ketones is 1. The normalized spacial score (nSPS) is 18.8. The number of piperazine rings is 1. The van der Waals surface area contributed by atoms with Gasteiger partial charge >= 0.3 is 0 Å². The van der Waals surface area contributed by atoms with Crippen molar-refractivity contribution in [2.24, 2.45) is 5.92 Å². The van der Waals surface area contributed by atoms with Crippen LogP contribution in [0.3, 0.4) is 0 Å². The zero-order valence-electron chi connectivity index (χ0n) is 19.2. The zero-order chi connectivity index (χ0) is 23.5. The van der Waals surface area contributed by atoms with E-state index in [2.05, 4.69) is 14.9 Å². The van der Waals surface area contributed by atoms with E-state index in [9.17, 15) is 4.79 Å². The van der Waals surface area contributed by atoms with Crippen molar-refractivity contribution in [2.45, 2.75) is 25.3 Å². The Morgan fingerprint density at radius 3 is 2.70 bits per heavy atom. The van der Waals surface area contributed by atoms with Crippen molar-refractivity contribution >= 4 is 28.5 Å². The number of benzene rings is 1. The molecule has 0 spiro atoms. The molecular weight excluding hydrogens is 429 g/mol. The molecule has 178 valence electrons. The standard InChI is InChI=1S/C23H30FN5O4/c1-31-11-7-15-13-28(8-6-17(30)14-4-5-14)9-10-29(15)23-26-20-16(22(25)27-23)12-18(32-2)21(33-3)19(20)24/h6,8,12,14-15H,4-5,7,9-11,13H2,1-3H3,(H2,25,26,27). The lowest BCUT2D eigenvalue weighted by Crippen LogP contribution is -2.52. The summed E-state index contributed by atoms with van der Waals surface area (Å²) in [7, 11) is 4.46. The van der Waals surface area contributed by atoms with Crippen molar-refractivity contribution in [3.05, 3.63) is 24.2 Å². The van der Waals surface area contributed by atoms with Crippen LogP contribution in [0.1, 0.15) is 19.3 Å². The summed E-state index contributed by atoms with van der Waals surface area (Å²) in [6, 6.07) is 1.58. The van der Waals surface area contributed by atoms with Gasteiger partial charge in [-0.05, 0) is 31.4 Å². The number of nitrogen functional groups attached to an aromatic ring is 1. The monoisotopic (exact) mass is 459 g/mol. The van der Waals surface area contributed by atoms with Gasteiger partial charge in [0.1, 0.15) is 11.3 Å². The van der Waals surface area contributed by atoms with Crippen molar-refractivity contribution in [1.29, 1.82) is 0 Å². The summed E-state index contributed by atoms with van der Waals surface area (Å²) < 4.78 is 30.9. The summed E-state index contributed by atoms with van der Waals surface area (Å²) in [5.74, 6) is 0.464.